The van der Waals surface area contributed by atoms with Crippen LogP contribution in [-0.4, -0.2) is 0 Å². The van der Waals surface area contributed by atoms with Gasteiger partial charge in [-0.1, -0.05) is 158 Å². The molecule has 3 nitrogen and oxygen atoms in total. The van der Waals surface area contributed by atoms with Gasteiger partial charge in [-0.05, 0) is 106 Å². The Morgan fingerprint density at radius 3 is 1.53 bits per heavy atom. The monoisotopic (exact) mass is 810 g/mol. The van der Waals surface area contributed by atoms with Crippen LogP contribution < -0.4 is 9.80 Å². The normalized spacial score (nSPS) is 11.5. The molecule has 12 aromatic rings. The second kappa shape index (κ2) is 15.0. The first-order chi connectivity index (χ1) is 30.7. The molecule has 62 heavy (non-hydrogen) atoms. The van der Waals surface area contributed by atoms with Gasteiger partial charge < -0.3 is 14.2 Å². The van der Waals surface area contributed by atoms with Crippen molar-refractivity contribution in [2.24, 2.45) is 0 Å². The molecule has 0 aliphatic heterocycles. The van der Waals surface area contributed by atoms with E-state index in [1.165, 1.54) is 53.2 Å². The highest BCUT2D eigenvalue weighted by Gasteiger charge is 2.25. The first-order valence-corrected chi connectivity index (χ1v) is 21.8. The Morgan fingerprint density at radius 1 is 0.323 bits per heavy atom. The van der Waals surface area contributed by atoms with Gasteiger partial charge in [0.05, 0.1) is 21.5 Å². The molecule has 0 aliphatic rings. The van der Waals surface area contributed by atoms with Gasteiger partial charge in [0, 0.05) is 43.6 Å². The van der Waals surface area contributed by atoms with Crippen LogP contribution in [0.1, 0.15) is 0 Å². The molecule has 292 valence electrons. The Kier molecular flexibility index (Phi) is 8.68. The highest BCUT2D eigenvalue weighted by Crippen LogP contribution is 2.51. The molecule has 4 heteroatoms. The van der Waals surface area contributed by atoms with E-state index in [1.807, 2.05) is 17.4 Å². The summed E-state index contributed by atoms with van der Waals surface area (Å²) in [6.45, 7) is 0. The number of furan rings is 1. The largest absolute Gasteiger partial charge is 0.456 e. The van der Waals surface area contributed by atoms with E-state index in [1.54, 1.807) is 0 Å². The van der Waals surface area contributed by atoms with Crippen LogP contribution in [-0.2, 0) is 0 Å². The minimum absolute atomic E-state index is 0.858. The molecule has 0 fully saturated rings. The standard InChI is InChI=1S/C58H38N2OS/c1-4-15-39(16-5-1)41-27-32-45(33-28-41)59(46-34-29-42(30-35-46)40-17-6-2-7-18-40)52-38-47(37-50-56-48-22-11-10-19-43(48)31-36-55(56)62-58(50)52)60(44-20-8-3-9-21-44)51-24-14-26-54-57(51)49-23-12-13-25-53(49)61-54/h1-38H. The Morgan fingerprint density at radius 2 is 0.855 bits per heavy atom. The molecule has 2 aromatic heterocycles. The van der Waals surface area contributed by atoms with E-state index in [2.05, 4.69) is 234 Å². The lowest BCUT2D eigenvalue weighted by molar-refractivity contribution is 0.669. The van der Waals surface area contributed by atoms with Gasteiger partial charge in [0.25, 0.3) is 0 Å². The van der Waals surface area contributed by atoms with Crippen molar-refractivity contribution in [1.29, 1.82) is 0 Å². The van der Waals surface area contributed by atoms with Crippen molar-refractivity contribution in [2.45, 2.75) is 0 Å². The molecule has 0 saturated carbocycles. The van der Waals surface area contributed by atoms with Crippen molar-refractivity contribution in [2.75, 3.05) is 9.80 Å². The molecule has 10 aromatic carbocycles. The molecule has 0 spiro atoms. The number of hydrogen-bond acceptors (Lipinski definition) is 4. The smallest absolute Gasteiger partial charge is 0.137 e. The van der Waals surface area contributed by atoms with Crippen LogP contribution in [0.5, 0.6) is 0 Å². The Balaban J connectivity index is 1.16. The summed E-state index contributed by atoms with van der Waals surface area (Å²) < 4.78 is 8.98. The number of thiophene rings is 1. The Bertz CT molecular complexity index is 3480. The molecule has 0 radical (unpaired) electrons. The van der Waals surface area contributed by atoms with Gasteiger partial charge in [-0.25, -0.2) is 0 Å². The molecule has 0 unspecified atom stereocenters. The number of nitrogens with zero attached hydrogens (tertiary/aromatic N) is 2. The molecule has 0 saturated heterocycles. The van der Waals surface area contributed by atoms with Crippen LogP contribution >= 0.6 is 11.3 Å². The average Bonchev–Trinajstić information content (AvgIpc) is 3.93. The molecule has 2 heterocycles. The van der Waals surface area contributed by atoms with Gasteiger partial charge in [0.2, 0.25) is 0 Å². The summed E-state index contributed by atoms with van der Waals surface area (Å²) in [7, 11) is 0. The van der Waals surface area contributed by atoms with E-state index in [9.17, 15) is 0 Å². The van der Waals surface area contributed by atoms with Gasteiger partial charge in [0.15, 0.2) is 0 Å². The number of anilines is 6. The topological polar surface area (TPSA) is 19.6 Å². The summed E-state index contributed by atoms with van der Waals surface area (Å²) in [5, 5.41) is 7.13. The highest BCUT2D eigenvalue weighted by molar-refractivity contribution is 7.26. The van der Waals surface area contributed by atoms with Gasteiger partial charge in [-0.3, -0.25) is 0 Å². The fourth-order valence-corrected chi connectivity index (χ4v) is 10.4. The number of rotatable bonds is 8. The molecular weight excluding hydrogens is 773 g/mol. The van der Waals surface area contributed by atoms with Crippen molar-refractivity contribution in [1.82, 2.24) is 0 Å². The van der Waals surface area contributed by atoms with E-state index in [0.29, 0.717) is 0 Å². The summed E-state index contributed by atoms with van der Waals surface area (Å²) in [6, 6.07) is 82.9. The van der Waals surface area contributed by atoms with Crippen molar-refractivity contribution in [3.05, 3.63) is 231 Å². The van der Waals surface area contributed by atoms with Crippen LogP contribution in [0.15, 0.2) is 235 Å². The first kappa shape index (κ1) is 36.0. The molecule has 0 atom stereocenters. The SMILES string of the molecule is c1ccc(-c2ccc(N(c3ccc(-c4ccccc4)cc3)c3cc(N(c4ccccc4)c4cccc5oc6ccccc6c45)cc4c3sc3ccc5ccccc5c34)cc2)cc1. The Hall–Kier alpha value is -7.92. The lowest BCUT2D eigenvalue weighted by Crippen LogP contribution is -2.13. The summed E-state index contributed by atoms with van der Waals surface area (Å²) in [5.41, 5.74) is 12.9. The van der Waals surface area contributed by atoms with Crippen LogP contribution in [0.3, 0.4) is 0 Å². The van der Waals surface area contributed by atoms with E-state index >= 15 is 0 Å². The van der Waals surface area contributed by atoms with Gasteiger partial charge >= 0.3 is 0 Å². The number of hydrogen-bond donors (Lipinski definition) is 0. The fraction of sp³-hybridized carbons (Fsp3) is 0. The average molecular weight is 811 g/mol. The molecule has 0 aliphatic carbocycles. The van der Waals surface area contributed by atoms with Gasteiger partial charge in [-0.15, -0.1) is 11.3 Å². The zero-order chi connectivity index (χ0) is 41.0. The second-order valence-electron chi connectivity index (χ2n) is 15.7. The zero-order valence-electron chi connectivity index (χ0n) is 33.7. The maximum absolute atomic E-state index is 6.51. The fourth-order valence-electron chi connectivity index (χ4n) is 9.15. The predicted molar refractivity (Wildman–Crippen MR) is 264 cm³/mol. The summed E-state index contributed by atoms with van der Waals surface area (Å²) in [5.74, 6) is 0. The van der Waals surface area contributed by atoms with Crippen molar-refractivity contribution < 1.29 is 4.42 Å². The lowest BCUT2D eigenvalue weighted by atomic mass is 10.0. The summed E-state index contributed by atoms with van der Waals surface area (Å²) in [4.78, 5) is 4.86. The van der Waals surface area contributed by atoms with E-state index in [4.69, 9.17) is 4.42 Å². The molecule has 0 bridgehead atoms. The maximum atomic E-state index is 6.51. The number of benzene rings is 10. The zero-order valence-corrected chi connectivity index (χ0v) is 34.5. The highest BCUT2D eigenvalue weighted by atomic mass is 32.1. The third-order valence-electron chi connectivity index (χ3n) is 12.0. The van der Waals surface area contributed by atoms with Gasteiger partial charge in [-0.2, -0.15) is 0 Å². The van der Waals surface area contributed by atoms with Gasteiger partial charge in [0.1, 0.15) is 11.2 Å². The number of fused-ring (bicyclic) bond motifs is 8. The summed E-state index contributed by atoms with van der Waals surface area (Å²) >= 11 is 1.86. The quantitative estimate of drug-likeness (QED) is 0.152. The van der Waals surface area contributed by atoms with Crippen molar-refractivity contribution in [3.63, 3.8) is 0 Å². The van der Waals surface area contributed by atoms with E-state index < -0.39 is 0 Å². The van der Waals surface area contributed by atoms with Crippen LogP contribution in [0.25, 0.3) is 75.1 Å². The van der Waals surface area contributed by atoms with Crippen LogP contribution in [0, 0.1) is 0 Å². The van der Waals surface area contributed by atoms with Crippen LogP contribution in [0.4, 0.5) is 34.1 Å². The molecule has 12 rings (SSSR count). The predicted octanol–water partition coefficient (Wildman–Crippen LogP) is 17.4. The number of para-hydroxylation sites is 2. The van der Waals surface area contributed by atoms with E-state index in [-0.39, 0.29) is 0 Å². The molecule has 0 N–H and O–H groups in total. The third-order valence-corrected chi connectivity index (χ3v) is 13.2. The van der Waals surface area contributed by atoms with E-state index in [0.717, 1.165) is 56.1 Å². The second-order valence-corrected chi connectivity index (χ2v) is 16.7. The van der Waals surface area contributed by atoms with Crippen LogP contribution in [0.2, 0.25) is 0 Å². The first-order valence-electron chi connectivity index (χ1n) is 21.0. The third kappa shape index (κ3) is 6.11. The minimum atomic E-state index is 0.858. The van der Waals surface area contributed by atoms with Crippen molar-refractivity contribution in [3.8, 4) is 22.3 Å². The molecular formula is C58H38N2OS. The maximum Gasteiger partial charge on any atom is 0.137 e. The summed E-state index contributed by atoms with van der Waals surface area (Å²) in [6.07, 6.45) is 0. The lowest BCUT2D eigenvalue weighted by Gasteiger charge is -2.30. The molecule has 0 amide bonds. The van der Waals surface area contributed by atoms with Crippen molar-refractivity contribution >= 4 is 98.3 Å². The Labute approximate surface area is 363 Å². The minimum Gasteiger partial charge on any atom is -0.456 e.